The molecular formula is C15H22N2O3. The molecule has 0 bridgehead atoms. The summed E-state index contributed by atoms with van der Waals surface area (Å²) < 4.78 is 5.69. The van der Waals surface area contributed by atoms with Crippen LogP contribution in [0.4, 0.5) is 11.4 Å². The van der Waals surface area contributed by atoms with Gasteiger partial charge in [-0.1, -0.05) is 13.8 Å². The van der Waals surface area contributed by atoms with Gasteiger partial charge < -0.3 is 20.9 Å². The van der Waals surface area contributed by atoms with E-state index in [9.17, 15) is 4.79 Å². The highest BCUT2D eigenvalue weighted by Crippen LogP contribution is 2.44. The number of hydrogen-bond donors (Lipinski definition) is 3. The molecule has 1 aromatic rings. The number of carbonyl (C=O) groups is 1. The summed E-state index contributed by atoms with van der Waals surface area (Å²) in [6, 6.07) is 5.26. The van der Waals surface area contributed by atoms with Crippen LogP contribution in [0.2, 0.25) is 0 Å². The average Bonchev–Trinajstić information content (AvgIpc) is 2.37. The topological polar surface area (TPSA) is 84.6 Å². The van der Waals surface area contributed by atoms with Gasteiger partial charge in [-0.3, -0.25) is 0 Å². The lowest BCUT2D eigenvalue weighted by Gasteiger charge is -2.52. The van der Waals surface area contributed by atoms with Gasteiger partial charge in [-0.15, -0.1) is 0 Å². The molecule has 0 spiro atoms. The Hall–Kier alpha value is -1.75. The van der Waals surface area contributed by atoms with Gasteiger partial charge in [-0.25, -0.2) is 4.79 Å². The van der Waals surface area contributed by atoms with Crippen LogP contribution in [0.15, 0.2) is 18.2 Å². The third-order valence-corrected chi connectivity index (χ3v) is 4.17. The van der Waals surface area contributed by atoms with Crippen LogP contribution in [0.25, 0.3) is 0 Å². The third kappa shape index (κ3) is 2.58. The van der Waals surface area contributed by atoms with Crippen LogP contribution in [-0.2, 0) is 4.74 Å². The quantitative estimate of drug-likeness (QED) is 0.721. The lowest BCUT2D eigenvalue weighted by molar-refractivity contribution is -0.0975. The summed E-state index contributed by atoms with van der Waals surface area (Å²) in [6.45, 7) is 7.07. The zero-order chi connectivity index (χ0) is 14.9. The molecule has 20 heavy (non-hydrogen) atoms. The van der Waals surface area contributed by atoms with Gasteiger partial charge in [0.2, 0.25) is 0 Å². The molecule has 2 unspecified atom stereocenters. The number of nitrogen functional groups attached to an aromatic ring is 1. The fraction of sp³-hybridized carbons (Fsp3) is 0.533. The maximum Gasteiger partial charge on any atom is 0.337 e. The minimum absolute atomic E-state index is 0.0518. The van der Waals surface area contributed by atoms with Crippen LogP contribution in [0, 0.1) is 5.41 Å². The lowest BCUT2D eigenvalue weighted by Crippen LogP contribution is -2.58. The van der Waals surface area contributed by atoms with Gasteiger partial charge >= 0.3 is 5.97 Å². The summed E-state index contributed by atoms with van der Waals surface area (Å²) >= 11 is 0. The zero-order valence-electron chi connectivity index (χ0n) is 12.1. The molecule has 5 heteroatoms. The number of rotatable bonds is 5. The van der Waals surface area contributed by atoms with Crippen molar-refractivity contribution in [1.29, 1.82) is 0 Å². The van der Waals surface area contributed by atoms with Crippen LogP contribution < -0.4 is 11.1 Å². The third-order valence-electron chi connectivity index (χ3n) is 4.17. The van der Waals surface area contributed by atoms with E-state index >= 15 is 0 Å². The van der Waals surface area contributed by atoms with Gasteiger partial charge in [-0.2, -0.15) is 0 Å². The van der Waals surface area contributed by atoms with Gasteiger partial charge in [0, 0.05) is 29.4 Å². The number of benzene rings is 1. The van der Waals surface area contributed by atoms with Crippen molar-refractivity contribution >= 4 is 17.3 Å². The van der Waals surface area contributed by atoms with E-state index in [4.69, 9.17) is 15.6 Å². The van der Waals surface area contributed by atoms with Gasteiger partial charge in [0.25, 0.3) is 0 Å². The van der Waals surface area contributed by atoms with E-state index in [0.717, 1.165) is 18.7 Å². The number of aromatic carboxylic acids is 1. The summed E-state index contributed by atoms with van der Waals surface area (Å²) in [4.78, 5) is 10.9. The fourth-order valence-corrected chi connectivity index (χ4v) is 2.66. The van der Waals surface area contributed by atoms with Gasteiger partial charge in [-0.05, 0) is 31.5 Å². The molecule has 1 aliphatic carbocycles. The molecule has 0 saturated heterocycles. The molecule has 4 N–H and O–H groups in total. The monoisotopic (exact) mass is 278 g/mol. The second kappa shape index (κ2) is 5.32. The number of nitrogens with one attached hydrogen (secondary N) is 1. The molecule has 0 heterocycles. The zero-order valence-corrected chi connectivity index (χ0v) is 12.1. The first-order valence-corrected chi connectivity index (χ1v) is 6.87. The van der Waals surface area contributed by atoms with E-state index in [0.29, 0.717) is 6.04 Å². The molecular weight excluding hydrogens is 256 g/mol. The van der Waals surface area contributed by atoms with E-state index in [-0.39, 0.29) is 22.8 Å². The molecule has 1 aromatic carbocycles. The smallest absolute Gasteiger partial charge is 0.337 e. The summed E-state index contributed by atoms with van der Waals surface area (Å²) in [5, 5.41) is 12.4. The molecule has 2 rings (SSSR count). The second-order valence-electron chi connectivity index (χ2n) is 5.81. The molecule has 0 aromatic heterocycles. The van der Waals surface area contributed by atoms with E-state index in [2.05, 4.69) is 19.2 Å². The van der Waals surface area contributed by atoms with Crippen molar-refractivity contribution in [2.45, 2.75) is 39.3 Å². The molecule has 1 saturated carbocycles. The maximum atomic E-state index is 10.9. The van der Waals surface area contributed by atoms with E-state index < -0.39 is 5.97 Å². The molecule has 5 nitrogen and oxygen atoms in total. The van der Waals surface area contributed by atoms with Crippen molar-refractivity contribution in [3.63, 3.8) is 0 Å². The van der Waals surface area contributed by atoms with Crippen LogP contribution >= 0.6 is 0 Å². The standard InChI is InChI=1S/C15H22N2O3/c1-4-20-13-8-12(15(13,2)3)17-9-5-6-10(14(18)19)11(16)7-9/h5-7,12-13,17H,4,8,16H2,1-3H3,(H,18,19). The van der Waals surface area contributed by atoms with E-state index in [1.165, 1.54) is 6.07 Å². The molecule has 0 amide bonds. The van der Waals surface area contributed by atoms with Crippen LogP contribution in [-0.4, -0.2) is 29.8 Å². The largest absolute Gasteiger partial charge is 0.478 e. The summed E-state index contributed by atoms with van der Waals surface area (Å²) in [6.07, 6.45) is 1.21. The highest BCUT2D eigenvalue weighted by atomic mass is 16.5. The lowest BCUT2D eigenvalue weighted by atomic mass is 9.64. The summed E-state index contributed by atoms with van der Waals surface area (Å²) in [7, 11) is 0. The van der Waals surface area contributed by atoms with E-state index in [1.807, 2.05) is 6.92 Å². The van der Waals surface area contributed by atoms with Gasteiger partial charge in [0.05, 0.1) is 11.7 Å². The van der Waals surface area contributed by atoms with Crippen molar-refractivity contribution in [3.8, 4) is 0 Å². The number of nitrogens with two attached hydrogens (primary N) is 1. The van der Waals surface area contributed by atoms with Crippen molar-refractivity contribution < 1.29 is 14.6 Å². The summed E-state index contributed by atoms with van der Waals surface area (Å²) in [5.41, 5.74) is 7.07. The van der Waals surface area contributed by atoms with Gasteiger partial charge in [0.15, 0.2) is 0 Å². The SMILES string of the molecule is CCOC1CC(Nc2ccc(C(=O)O)c(N)c2)C1(C)C. The molecule has 1 aliphatic rings. The fourth-order valence-electron chi connectivity index (χ4n) is 2.66. The Morgan fingerprint density at radius 3 is 2.75 bits per heavy atom. The Balaban J connectivity index is 2.05. The number of anilines is 2. The maximum absolute atomic E-state index is 10.9. The molecule has 0 radical (unpaired) electrons. The number of carboxylic acids is 1. The van der Waals surface area contributed by atoms with Crippen molar-refractivity contribution in [2.24, 2.45) is 5.41 Å². The second-order valence-corrected chi connectivity index (χ2v) is 5.81. The first-order valence-electron chi connectivity index (χ1n) is 6.87. The van der Waals surface area contributed by atoms with Crippen molar-refractivity contribution in [3.05, 3.63) is 23.8 Å². The van der Waals surface area contributed by atoms with Crippen molar-refractivity contribution in [1.82, 2.24) is 0 Å². The molecule has 2 atom stereocenters. The molecule has 0 aliphatic heterocycles. The minimum Gasteiger partial charge on any atom is -0.478 e. The van der Waals surface area contributed by atoms with Crippen LogP contribution in [0.1, 0.15) is 37.6 Å². The van der Waals surface area contributed by atoms with Gasteiger partial charge in [0.1, 0.15) is 0 Å². The Kier molecular flexibility index (Phi) is 3.90. The first-order chi connectivity index (χ1) is 9.36. The van der Waals surface area contributed by atoms with Crippen LogP contribution in [0.5, 0.6) is 0 Å². The van der Waals surface area contributed by atoms with E-state index in [1.54, 1.807) is 12.1 Å². The Morgan fingerprint density at radius 1 is 1.55 bits per heavy atom. The molecule has 110 valence electrons. The normalized spacial score (nSPS) is 23.9. The number of hydrogen-bond acceptors (Lipinski definition) is 4. The Bertz CT molecular complexity index is 514. The Morgan fingerprint density at radius 2 is 2.25 bits per heavy atom. The first kappa shape index (κ1) is 14.7. The number of carboxylic acid groups (broad SMARTS) is 1. The van der Waals surface area contributed by atoms with Crippen molar-refractivity contribution in [2.75, 3.05) is 17.7 Å². The summed E-state index contributed by atoms with van der Waals surface area (Å²) in [5.74, 6) is -1.01. The predicted molar refractivity (Wildman–Crippen MR) is 79.0 cm³/mol. The number of ether oxygens (including phenoxy) is 1. The molecule has 1 fully saturated rings. The highest BCUT2D eigenvalue weighted by molar-refractivity contribution is 5.94. The van der Waals surface area contributed by atoms with Crippen LogP contribution in [0.3, 0.4) is 0 Å². The minimum atomic E-state index is -1.01. The Labute approximate surface area is 119 Å². The predicted octanol–water partition coefficient (Wildman–Crippen LogP) is 2.58. The average molecular weight is 278 g/mol. The highest BCUT2D eigenvalue weighted by Gasteiger charge is 2.48.